The monoisotopic (exact) mass is 362 g/mol. The fourth-order valence-electron chi connectivity index (χ4n) is 3.23. The molecule has 0 bridgehead atoms. The summed E-state index contributed by atoms with van der Waals surface area (Å²) >= 11 is 0. The fourth-order valence-corrected chi connectivity index (χ4v) is 5.01. The predicted molar refractivity (Wildman–Crippen MR) is 97.5 cm³/mol. The first kappa shape index (κ1) is 17.7. The normalized spacial score (nSPS) is 19.2. The van der Waals surface area contributed by atoms with Crippen LogP contribution in [0.1, 0.15) is 24.0 Å². The molecule has 134 valence electrons. The van der Waals surface area contributed by atoms with Crippen molar-refractivity contribution in [1.29, 1.82) is 0 Å². The lowest BCUT2D eigenvalue weighted by atomic mass is 10.0. The summed E-state index contributed by atoms with van der Waals surface area (Å²) in [6.07, 6.45) is 1.44. The fraction of sp³-hybridized carbons (Fsp3) is 0.444. The van der Waals surface area contributed by atoms with Crippen molar-refractivity contribution >= 4 is 26.6 Å². The highest BCUT2D eigenvalue weighted by Crippen LogP contribution is 2.19. The molecule has 0 aliphatic carbocycles. The number of aryl methyl sites for hydroxylation is 2. The number of pyridine rings is 1. The minimum absolute atomic E-state index is 0.0418. The van der Waals surface area contributed by atoms with Gasteiger partial charge in [-0.1, -0.05) is 6.07 Å². The Kier molecular flexibility index (Phi) is 4.69. The summed E-state index contributed by atoms with van der Waals surface area (Å²) in [4.78, 5) is 28.4. The lowest BCUT2D eigenvalue weighted by Crippen LogP contribution is -2.37. The SMILES string of the molecule is Cc1cc2cc(CCC(=O)N(C)C3CCS(=O)(=O)C3)ccc2[nH]c1=O. The maximum Gasteiger partial charge on any atom is 0.251 e. The zero-order valence-electron chi connectivity index (χ0n) is 14.4. The summed E-state index contributed by atoms with van der Waals surface area (Å²) in [6, 6.07) is 7.37. The first-order valence-corrected chi connectivity index (χ1v) is 10.2. The molecule has 0 spiro atoms. The maximum atomic E-state index is 12.4. The molecule has 25 heavy (non-hydrogen) atoms. The van der Waals surface area contributed by atoms with Crippen LogP contribution in [0.15, 0.2) is 29.1 Å². The van der Waals surface area contributed by atoms with Crippen molar-refractivity contribution in [3.63, 3.8) is 0 Å². The number of carbonyl (C=O) groups is 1. The lowest BCUT2D eigenvalue weighted by Gasteiger charge is -2.23. The van der Waals surface area contributed by atoms with Crippen LogP contribution in [0.3, 0.4) is 0 Å². The van der Waals surface area contributed by atoms with Crippen LogP contribution in [0.4, 0.5) is 0 Å². The molecule has 1 aliphatic heterocycles. The Bertz CT molecular complexity index is 978. The minimum Gasteiger partial charge on any atom is -0.342 e. The molecule has 0 saturated carbocycles. The van der Waals surface area contributed by atoms with E-state index in [1.54, 1.807) is 18.9 Å². The molecule has 1 atom stereocenters. The molecule has 7 heteroatoms. The third kappa shape index (κ3) is 3.92. The van der Waals surface area contributed by atoms with E-state index in [4.69, 9.17) is 0 Å². The number of nitrogens with zero attached hydrogens (tertiary/aromatic N) is 1. The number of hydrogen-bond donors (Lipinski definition) is 1. The van der Waals surface area contributed by atoms with Gasteiger partial charge in [0.05, 0.1) is 11.5 Å². The summed E-state index contributed by atoms with van der Waals surface area (Å²) in [7, 11) is -1.31. The quantitative estimate of drug-likeness (QED) is 0.891. The van der Waals surface area contributed by atoms with Crippen LogP contribution in [0.5, 0.6) is 0 Å². The maximum absolute atomic E-state index is 12.4. The Morgan fingerprint density at radius 1 is 1.32 bits per heavy atom. The zero-order valence-corrected chi connectivity index (χ0v) is 15.2. The number of rotatable bonds is 4. The number of nitrogens with one attached hydrogen (secondary N) is 1. The van der Waals surface area contributed by atoms with E-state index in [1.807, 2.05) is 24.3 Å². The first-order chi connectivity index (χ1) is 11.7. The highest BCUT2D eigenvalue weighted by Gasteiger charge is 2.32. The van der Waals surface area contributed by atoms with Gasteiger partial charge in [0.15, 0.2) is 9.84 Å². The second-order valence-corrected chi connectivity index (χ2v) is 8.99. The van der Waals surface area contributed by atoms with Crippen LogP contribution in [-0.2, 0) is 21.1 Å². The van der Waals surface area contributed by atoms with Gasteiger partial charge in [0, 0.05) is 30.6 Å². The van der Waals surface area contributed by atoms with Crippen LogP contribution >= 0.6 is 0 Å². The van der Waals surface area contributed by atoms with Gasteiger partial charge in [0.1, 0.15) is 0 Å². The largest absolute Gasteiger partial charge is 0.342 e. The molecule has 1 amide bonds. The molecule has 1 aromatic heterocycles. The molecule has 1 fully saturated rings. The van der Waals surface area contributed by atoms with Crippen molar-refractivity contribution in [2.45, 2.75) is 32.2 Å². The molecular formula is C18H22N2O4S. The van der Waals surface area contributed by atoms with Gasteiger partial charge in [0.2, 0.25) is 5.91 Å². The van der Waals surface area contributed by atoms with E-state index >= 15 is 0 Å². The molecular weight excluding hydrogens is 340 g/mol. The van der Waals surface area contributed by atoms with E-state index in [1.165, 1.54) is 0 Å². The summed E-state index contributed by atoms with van der Waals surface area (Å²) in [5.74, 6) is 0.190. The van der Waals surface area contributed by atoms with Gasteiger partial charge < -0.3 is 9.88 Å². The summed E-state index contributed by atoms with van der Waals surface area (Å²) in [6.45, 7) is 1.76. The van der Waals surface area contributed by atoms with Gasteiger partial charge in [-0.25, -0.2) is 8.42 Å². The number of aromatic amines is 1. The molecule has 0 radical (unpaired) electrons. The van der Waals surface area contributed by atoms with Crippen LogP contribution in [0.2, 0.25) is 0 Å². The molecule has 2 heterocycles. The minimum atomic E-state index is -3.00. The van der Waals surface area contributed by atoms with Gasteiger partial charge in [-0.15, -0.1) is 0 Å². The summed E-state index contributed by atoms with van der Waals surface area (Å²) in [5.41, 5.74) is 2.35. The van der Waals surface area contributed by atoms with E-state index in [0.717, 1.165) is 16.5 Å². The van der Waals surface area contributed by atoms with Crippen LogP contribution in [0, 0.1) is 6.92 Å². The molecule has 6 nitrogen and oxygen atoms in total. The van der Waals surface area contributed by atoms with E-state index in [9.17, 15) is 18.0 Å². The molecule has 1 aliphatic rings. The van der Waals surface area contributed by atoms with Crippen molar-refractivity contribution in [2.75, 3.05) is 18.6 Å². The summed E-state index contributed by atoms with van der Waals surface area (Å²) < 4.78 is 23.1. The van der Waals surface area contributed by atoms with Crippen molar-refractivity contribution in [3.8, 4) is 0 Å². The standard InChI is InChI=1S/C18H22N2O4S/c1-12-9-14-10-13(3-5-16(14)19-18(12)22)4-6-17(21)20(2)15-7-8-25(23,24)11-15/h3,5,9-10,15H,4,6-8,11H2,1-2H3,(H,19,22). The number of amides is 1. The molecule has 1 N–H and O–H groups in total. The number of carbonyl (C=O) groups excluding carboxylic acids is 1. The van der Waals surface area contributed by atoms with Crippen molar-refractivity contribution < 1.29 is 13.2 Å². The lowest BCUT2D eigenvalue weighted by molar-refractivity contribution is -0.131. The van der Waals surface area contributed by atoms with Gasteiger partial charge in [-0.05, 0) is 48.9 Å². The highest BCUT2D eigenvalue weighted by atomic mass is 32.2. The third-order valence-corrected chi connectivity index (χ3v) is 6.62. The van der Waals surface area contributed by atoms with E-state index in [-0.39, 0.29) is 29.0 Å². The van der Waals surface area contributed by atoms with Crippen molar-refractivity contribution in [3.05, 3.63) is 45.7 Å². The highest BCUT2D eigenvalue weighted by molar-refractivity contribution is 7.91. The van der Waals surface area contributed by atoms with E-state index in [0.29, 0.717) is 24.8 Å². The second-order valence-electron chi connectivity index (χ2n) is 6.76. The summed E-state index contributed by atoms with van der Waals surface area (Å²) in [5, 5.41) is 0.942. The smallest absolute Gasteiger partial charge is 0.251 e. The number of benzene rings is 1. The Morgan fingerprint density at radius 2 is 2.08 bits per heavy atom. The van der Waals surface area contributed by atoms with E-state index in [2.05, 4.69) is 4.98 Å². The Morgan fingerprint density at radius 3 is 2.76 bits per heavy atom. The molecule has 1 saturated heterocycles. The number of H-pyrrole nitrogens is 1. The second kappa shape index (κ2) is 6.63. The molecule has 1 unspecified atom stereocenters. The number of aromatic nitrogens is 1. The van der Waals surface area contributed by atoms with Gasteiger partial charge in [0.25, 0.3) is 5.56 Å². The van der Waals surface area contributed by atoms with Crippen molar-refractivity contribution in [1.82, 2.24) is 9.88 Å². The Balaban J connectivity index is 1.66. The number of fused-ring (bicyclic) bond motifs is 1. The van der Waals surface area contributed by atoms with Crippen LogP contribution in [0.25, 0.3) is 10.9 Å². The molecule has 1 aromatic carbocycles. The van der Waals surface area contributed by atoms with Crippen molar-refractivity contribution in [2.24, 2.45) is 0 Å². The average molecular weight is 362 g/mol. The third-order valence-electron chi connectivity index (χ3n) is 4.87. The topological polar surface area (TPSA) is 87.3 Å². The number of hydrogen-bond acceptors (Lipinski definition) is 4. The molecule has 2 aromatic rings. The average Bonchev–Trinajstić information content (AvgIpc) is 2.93. The number of sulfone groups is 1. The van der Waals surface area contributed by atoms with Gasteiger partial charge >= 0.3 is 0 Å². The van der Waals surface area contributed by atoms with Gasteiger partial charge in [-0.2, -0.15) is 0 Å². The van der Waals surface area contributed by atoms with Crippen LogP contribution in [-0.4, -0.2) is 48.8 Å². The molecule has 3 rings (SSSR count). The van der Waals surface area contributed by atoms with E-state index < -0.39 is 9.84 Å². The van der Waals surface area contributed by atoms with Crippen LogP contribution < -0.4 is 5.56 Å². The zero-order chi connectivity index (χ0) is 18.2. The Labute approximate surface area is 146 Å². The predicted octanol–water partition coefficient (Wildman–Crippen LogP) is 1.41. The Hall–Kier alpha value is -2.15. The first-order valence-electron chi connectivity index (χ1n) is 8.34. The van der Waals surface area contributed by atoms with Gasteiger partial charge in [-0.3, -0.25) is 9.59 Å².